The van der Waals surface area contributed by atoms with Crippen LogP contribution in [0.2, 0.25) is 0 Å². The first-order chi connectivity index (χ1) is 16.5. The lowest BCUT2D eigenvalue weighted by molar-refractivity contribution is -0.163. The van der Waals surface area contributed by atoms with E-state index in [1.807, 2.05) is 18.2 Å². The highest BCUT2D eigenvalue weighted by Gasteiger charge is 2.59. The van der Waals surface area contributed by atoms with E-state index in [1.54, 1.807) is 0 Å². The maximum atomic E-state index is 13.1. The molecule has 1 aromatic rings. The summed E-state index contributed by atoms with van der Waals surface area (Å²) in [7, 11) is -4.36. The highest BCUT2D eigenvalue weighted by molar-refractivity contribution is 8.00. The Balaban J connectivity index is 1.46. The third-order valence-electron chi connectivity index (χ3n) is 5.81. The summed E-state index contributed by atoms with van der Waals surface area (Å²) in [6.45, 7) is -0.320. The molecule has 35 heavy (non-hydrogen) atoms. The lowest BCUT2D eigenvalue weighted by Gasteiger charge is -2.56. The van der Waals surface area contributed by atoms with E-state index in [0.717, 1.165) is 11.8 Å². The Labute approximate surface area is 208 Å². The van der Waals surface area contributed by atoms with Crippen molar-refractivity contribution in [2.75, 3.05) is 24.6 Å². The van der Waals surface area contributed by atoms with Crippen LogP contribution in [0.15, 0.2) is 33.6 Å². The Bertz CT molecular complexity index is 1200. The summed E-state index contributed by atoms with van der Waals surface area (Å²) in [5, 5.41) is 16.8. The summed E-state index contributed by atoms with van der Waals surface area (Å²) in [6.07, 6.45) is 6.93. The Morgan fingerprint density at radius 1 is 1.37 bits per heavy atom. The van der Waals surface area contributed by atoms with Crippen LogP contribution in [0.5, 0.6) is 0 Å². The van der Waals surface area contributed by atoms with E-state index in [2.05, 4.69) is 10.2 Å². The first kappa shape index (κ1) is 25.7. The number of hydrogen-bond donors (Lipinski definition) is 3. The SMILES string of the molecule is NCC(=O)N(C1=CCC=CC1)C1C(=O)N2CC(CSc3nnc(CS(=O)(=O)O)o3)(C(=O)O)CS[C@H]12. The summed E-state index contributed by atoms with van der Waals surface area (Å²) in [6, 6.07) is -0.743. The molecule has 0 saturated carbocycles. The second-order valence-electron chi connectivity index (χ2n) is 8.25. The zero-order valence-electron chi connectivity index (χ0n) is 18.3. The third-order valence-corrected chi connectivity index (χ3v) is 9.10. The summed E-state index contributed by atoms with van der Waals surface area (Å²) in [5.41, 5.74) is 4.99. The normalized spacial score (nSPS) is 26.1. The van der Waals surface area contributed by atoms with E-state index in [1.165, 1.54) is 21.6 Å². The summed E-state index contributed by atoms with van der Waals surface area (Å²) < 4.78 is 36.0. The molecule has 190 valence electrons. The van der Waals surface area contributed by atoms with Crippen LogP contribution in [0, 0.1) is 5.41 Å². The van der Waals surface area contributed by atoms with Crippen LogP contribution in [-0.2, 0) is 30.3 Å². The van der Waals surface area contributed by atoms with E-state index in [0.29, 0.717) is 18.5 Å². The number of carboxylic acids is 1. The minimum atomic E-state index is -4.36. The van der Waals surface area contributed by atoms with Gasteiger partial charge < -0.3 is 20.2 Å². The molecule has 13 nitrogen and oxygen atoms in total. The van der Waals surface area contributed by atoms with Gasteiger partial charge in [-0.15, -0.1) is 22.0 Å². The average molecular weight is 546 g/mol. The number of thioether (sulfide) groups is 2. The molecule has 0 radical (unpaired) electrons. The monoisotopic (exact) mass is 545 g/mol. The zero-order chi connectivity index (χ0) is 25.4. The number of nitrogens with zero attached hydrogens (tertiary/aromatic N) is 4. The first-order valence-corrected chi connectivity index (χ1v) is 14.1. The first-order valence-electron chi connectivity index (χ1n) is 10.5. The Morgan fingerprint density at radius 2 is 2.14 bits per heavy atom. The van der Waals surface area contributed by atoms with Crippen LogP contribution in [0.3, 0.4) is 0 Å². The predicted octanol–water partition coefficient (Wildman–Crippen LogP) is -0.0746. The standard InChI is InChI=1S/C19H23N5O8S3/c20-6-13(25)24(11-4-2-1-3-5-11)14-15(26)23-8-19(17(27)28,9-33-16(14)23)10-34-18-22-21-12(32-18)7-35(29,30)31/h1-2,5,14,16H,3-4,6-10,20H2,(H,27,28)(H,29,30,31)/t14?,16-,19?/m1/s1. The largest absolute Gasteiger partial charge is 0.481 e. The molecule has 2 saturated heterocycles. The third kappa shape index (κ3) is 5.25. The number of carboxylic acid groups (broad SMARTS) is 1. The number of amides is 2. The van der Waals surface area contributed by atoms with Gasteiger partial charge in [0, 0.05) is 30.2 Å². The van der Waals surface area contributed by atoms with Gasteiger partial charge in [0.1, 0.15) is 16.8 Å². The number of β-lactam (4-membered cyclic amide) rings is 1. The molecular formula is C19H23N5O8S3. The molecule has 2 aliphatic heterocycles. The minimum absolute atomic E-state index is 0.0224. The smallest absolute Gasteiger partial charge is 0.313 e. The van der Waals surface area contributed by atoms with E-state index >= 15 is 0 Å². The molecule has 2 amide bonds. The molecule has 3 heterocycles. The fourth-order valence-electron chi connectivity index (χ4n) is 4.08. The number of aliphatic carboxylic acids is 1. The van der Waals surface area contributed by atoms with Gasteiger partial charge in [0.25, 0.3) is 15.3 Å². The van der Waals surface area contributed by atoms with Gasteiger partial charge >= 0.3 is 5.97 Å². The highest BCUT2D eigenvalue weighted by Crippen LogP contribution is 2.46. The molecule has 4 rings (SSSR count). The van der Waals surface area contributed by atoms with Crippen molar-refractivity contribution in [2.24, 2.45) is 11.1 Å². The van der Waals surface area contributed by atoms with Crippen molar-refractivity contribution >= 4 is 51.4 Å². The maximum absolute atomic E-state index is 13.1. The highest BCUT2D eigenvalue weighted by atomic mass is 32.2. The van der Waals surface area contributed by atoms with Gasteiger partial charge in [0.15, 0.2) is 5.75 Å². The van der Waals surface area contributed by atoms with E-state index in [-0.39, 0.29) is 47.5 Å². The lowest BCUT2D eigenvalue weighted by Crippen LogP contribution is -2.74. The molecule has 2 unspecified atom stereocenters. The summed E-state index contributed by atoms with van der Waals surface area (Å²) in [5.74, 6) is -2.86. The summed E-state index contributed by atoms with van der Waals surface area (Å²) >= 11 is 2.20. The van der Waals surface area contributed by atoms with E-state index < -0.39 is 38.7 Å². The van der Waals surface area contributed by atoms with Crippen LogP contribution in [0.25, 0.3) is 0 Å². The van der Waals surface area contributed by atoms with Crippen molar-refractivity contribution < 1.29 is 36.9 Å². The van der Waals surface area contributed by atoms with Gasteiger partial charge in [-0.2, -0.15) is 8.42 Å². The average Bonchev–Trinajstić information content (AvgIpc) is 3.26. The molecule has 2 fully saturated rings. The van der Waals surface area contributed by atoms with Gasteiger partial charge in [-0.1, -0.05) is 30.0 Å². The molecule has 1 aromatic heterocycles. The van der Waals surface area contributed by atoms with Gasteiger partial charge in [-0.05, 0) is 6.42 Å². The van der Waals surface area contributed by atoms with Crippen LogP contribution in [-0.4, -0.2) is 91.9 Å². The molecular weight excluding hydrogens is 522 g/mol. The van der Waals surface area contributed by atoms with Crippen LogP contribution < -0.4 is 5.73 Å². The van der Waals surface area contributed by atoms with Gasteiger partial charge in [-0.25, -0.2) is 0 Å². The van der Waals surface area contributed by atoms with Crippen LogP contribution in [0.4, 0.5) is 0 Å². The van der Waals surface area contributed by atoms with Crippen molar-refractivity contribution in [1.82, 2.24) is 20.0 Å². The summed E-state index contributed by atoms with van der Waals surface area (Å²) in [4.78, 5) is 40.9. The second kappa shape index (κ2) is 9.93. The number of aromatic nitrogens is 2. The van der Waals surface area contributed by atoms with Crippen molar-refractivity contribution in [2.45, 2.75) is 35.2 Å². The number of rotatable bonds is 9. The predicted molar refractivity (Wildman–Crippen MR) is 124 cm³/mol. The topological polar surface area (TPSA) is 197 Å². The van der Waals surface area contributed by atoms with E-state index in [9.17, 15) is 27.9 Å². The molecule has 1 aliphatic carbocycles. The lowest BCUT2D eigenvalue weighted by atomic mass is 9.88. The number of nitrogens with two attached hydrogens (primary N) is 1. The Morgan fingerprint density at radius 3 is 2.77 bits per heavy atom. The molecule has 0 bridgehead atoms. The maximum Gasteiger partial charge on any atom is 0.313 e. The Kier molecular flexibility index (Phi) is 7.28. The van der Waals surface area contributed by atoms with Gasteiger partial charge in [0.2, 0.25) is 17.7 Å². The molecule has 3 aliphatic rings. The molecule has 3 atom stereocenters. The number of allylic oxidation sites excluding steroid dienone is 3. The van der Waals surface area contributed by atoms with Gasteiger partial charge in [0.05, 0.1) is 6.54 Å². The molecule has 0 spiro atoms. The van der Waals surface area contributed by atoms with Crippen LogP contribution in [0.1, 0.15) is 18.7 Å². The van der Waals surface area contributed by atoms with Crippen molar-refractivity contribution in [3.8, 4) is 0 Å². The van der Waals surface area contributed by atoms with Gasteiger partial charge in [-0.3, -0.25) is 23.8 Å². The Hall–Kier alpha value is -2.40. The number of fused-ring (bicyclic) bond motifs is 1. The van der Waals surface area contributed by atoms with E-state index in [4.69, 9.17) is 14.7 Å². The molecule has 4 N–H and O–H groups in total. The zero-order valence-corrected chi connectivity index (χ0v) is 20.7. The minimum Gasteiger partial charge on any atom is -0.481 e. The van der Waals surface area contributed by atoms with Crippen molar-refractivity contribution in [1.29, 1.82) is 0 Å². The molecule has 16 heteroatoms. The molecule has 0 aromatic carbocycles. The number of carbonyl (C=O) groups is 3. The fourth-order valence-corrected chi connectivity index (χ4v) is 7.19. The quantitative estimate of drug-likeness (QED) is 0.161. The number of carbonyl (C=O) groups excluding carboxylic acids is 2. The van der Waals surface area contributed by atoms with Crippen molar-refractivity contribution in [3.05, 3.63) is 29.8 Å². The number of hydrogen-bond acceptors (Lipinski definition) is 11. The second-order valence-corrected chi connectivity index (χ2v) is 11.7. The fraction of sp³-hybridized carbons (Fsp3) is 0.526. The van der Waals surface area contributed by atoms with Crippen LogP contribution >= 0.6 is 23.5 Å². The van der Waals surface area contributed by atoms with Crippen molar-refractivity contribution in [3.63, 3.8) is 0 Å².